The van der Waals surface area contributed by atoms with E-state index in [1.807, 2.05) is 6.92 Å². The summed E-state index contributed by atoms with van der Waals surface area (Å²) < 4.78 is 52.3. The van der Waals surface area contributed by atoms with Crippen molar-refractivity contribution in [2.75, 3.05) is 52.9 Å². The van der Waals surface area contributed by atoms with Crippen molar-refractivity contribution in [2.45, 2.75) is 43.0 Å². The maximum Gasteiger partial charge on any atom is 0.297 e. The molecule has 0 aromatic heterocycles. The first-order chi connectivity index (χ1) is 20.0. The topological polar surface area (TPSA) is 80.3 Å². The van der Waals surface area contributed by atoms with E-state index in [-0.39, 0.29) is 23.1 Å². The van der Waals surface area contributed by atoms with Gasteiger partial charge in [0.2, 0.25) is 0 Å². The predicted octanol–water partition coefficient (Wildman–Crippen LogP) is 4.98. The second kappa shape index (κ2) is 18.2. The molecular formula is C32H44O7SSi. The van der Waals surface area contributed by atoms with Gasteiger partial charge in [0.1, 0.15) is 0 Å². The average Bonchev–Trinajstić information content (AvgIpc) is 3.00. The standard InChI is InChI=1S/C32H44O7SSi/c1-3-4-19-32(29-11-7-5-8-12-29,30-13-9-6-10-14-30)41-39-27-25-37-23-21-35-20-22-36-24-26-38-40(33,34)31-17-15-28(2)16-18-31/h5-18H,3-4,19-27,41H2,1-2H3. The Kier molecular flexibility index (Phi) is 14.7. The molecule has 0 fully saturated rings. The smallest absolute Gasteiger partial charge is 0.297 e. The molecule has 0 bridgehead atoms. The molecule has 0 aliphatic carbocycles. The van der Waals surface area contributed by atoms with Crippen LogP contribution in [0.1, 0.15) is 42.9 Å². The molecular weight excluding hydrogens is 556 g/mol. The van der Waals surface area contributed by atoms with Crippen LogP contribution in [-0.4, -0.2) is 71.0 Å². The summed E-state index contributed by atoms with van der Waals surface area (Å²) in [6, 6.07) is 28.1. The second-order valence-corrected chi connectivity index (χ2v) is 13.4. The third-order valence-corrected chi connectivity index (χ3v) is 10.3. The van der Waals surface area contributed by atoms with Gasteiger partial charge < -0.3 is 18.6 Å². The fourth-order valence-corrected chi connectivity index (χ4v) is 7.27. The van der Waals surface area contributed by atoms with Crippen LogP contribution in [0.3, 0.4) is 0 Å². The normalized spacial score (nSPS) is 12.3. The van der Waals surface area contributed by atoms with Gasteiger partial charge in [-0.3, -0.25) is 4.18 Å². The highest BCUT2D eigenvalue weighted by Gasteiger charge is 2.34. The number of unbranched alkanes of at least 4 members (excludes halogenated alkanes) is 1. The molecule has 0 radical (unpaired) electrons. The average molecular weight is 601 g/mol. The number of rotatable bonds is 21. The Bertz CT molecular complexity index is 1170. The minimum absolute atomic E-state index is 0.0447. The molecule has 3 rings (SSSR count). The summed E-state index contributed by atoms with van der Waals surface area (Å²) in [5, 5.41) is -0.0580. The lowest BCUT2D eigenvalue weighted by atomic mass is 9.85. The van der Waals surface area contributed by atoms with Crippen molar-refractivity contribution in [3.05, 3.63) is 102 Å². The van der Waals surface area contributed by atoms with E-state index in [9.17, 15) is 8.42 Å². The quantitative estimate of drug-likeness (QED) is 0.0969. The zero-order valence-corrected chi connectivity index (χ0v) is 26.6. The van der Waals surface area contributed by atoms with Crippen molar-refractivity contribution in [2.24, 2.45) is 0 Å². The molecule has 0 saturated carbocycles. The number of benzene rings is 3. The minimum atomic E-state index is -3.77. The zero-order valence-electron chi connectivity index (χ0n) is 24.3. The van der Waals surface area contributed by atoms with Crippen molar-refractivity contribution >= 4 is 19.9 Å². The molecule has 0 N–H and O–H groups in total. The minimum Gasteiger partial charge on any atom is -0.420 e. The third-order valence-electron chi connectivity index (χ3n) is 6.85. The van der Waals surface area contributed by atoms with Gasteiger partial charge in [-0.15, -0.1) is 0 Å². The number of hydrogen-bond donors (Lipinski definition) is 0. The van der Waals surface area contributed by atoms with E-state index in [4.69, 9.17) is 22.8 Å². The summed E-state index contributed by atoms with van der Waals surface area (Å²) in [5.41, 5.74) is 3.66. The summed E-state index contributed by atoms with van der Waals surface area (Å²) in [5.74, 6) is 0. The Morgan fingerprint density at radius 3 is 1.66 bits per heavy atom. The van der Waals surface area contributed by atoms with Gasteiger partial charge in [0.15, 0.2) is 9.76 Å². The fourth-order valence-electron chi connectivity index (χ4n) is 4.57. The Labute approximate surface area is 248 Å². The molecule has 9 heteroatoms. The number of ether oxygens (including phenoxy) is 3. The second-order valence-electron chi connectivity index (χ2n) is 9.90. The largest absolute Gasteiger partial charge is 0.420 e. The first-order valence-corrected chi connectivity index (χ1v) is 17.1. The molecule has 0 aliphatic heterocycles. The predicted molar refractivity (Wildman–Crippen MR) is 164 cm³/mol. The molecule has 0 spiro atoms. The molecule has 0 aliphatic rings. The highest BCUT2D eigenvalue weighted by molar-refractivity contribution is 7.86. The molecule has 0 amide bonds. The monoisotopic (exact) mass is 600 g/mol. The van der Waals surface area contributed by atoms with Crippen LogP contribution in [0.15, 0.2) is 89.8 Å². The first kappa shape index (κ1) is 33.1. The van der Waals surface area contributed by atoms with Gasteiger partial charge in [-0.2, -0.15) is 8.42 Å². The van der Waals surface area contributed by atoms with Crippen LogP contribution in [-0.2, 0) is 38.0 Å². The highest BCUT2D eigenvalue weighted by Crippen LogP contribution is 2.36. The van der Waals surface area contributed by atoms with Crippen LogP contribution >= 0.6 is 0 Å². The lowest BCUT2D eigenvalue weighted by Crippen LogP contribution is -2.37. The van der Waals surface area contributed by atoms with E-state index in [0.717, 1.165) is 24.8 Å². The van der Waals surface area contributed by atoms with Gasteiger partial charge in [-0.05, 0) is 36.6 Å². The molecule has 0 heterocycles. The van der Waals surface area contributed by atoms with Gasteiger partial charge in [-0.1, -0.05) is 98.1 Å². The van der Waals surface area contributed by atoms with Crippen LogP contribution in [0.25, 0.3) is 0 Å². The highest BCUT2D eigenvalue weighted by atomic mass is 32.2. The van der Waals surface area contributed by atoms with Crippen LogP contribution in [0.5, 0.6) is 0 Å². The summed E-state index contributed by atoms with van der Waals surface area (Å²) in [7, 11) is -4.73. The van der Waals surface area contributed by atoms with Crippen LogP contribution < -0.4 is 0 Å². The number of hydrogen-bond acceptors (Lipinski definition) is 7. The van der Waals surface area contributed by atoms with Gasteiger partial charge >= 0.3 is 0 Å². The van der Waals surface area contributed by atoms with Crippen molar-refractivity contribution < 1.29 is 31.2 Å². The van der Waals surface area contributed by atoms with Crippen molar-refractivity contribution in [3.63, 3.8) is 0 Å². The fraction of sp³-hybridized carbons (Fsp3) is 0.438. The van der Waals surface area contributed by atoms with Crippen LogP contribution in [0.4, 0.5) is 0 Å². The van der Waals surface area contributed by atoms with Gasteiger partial charge in [0, 0.05) is 5.04 Å². The molecule has 0 atom stereocenters. The molecule has 7 nitrogen and oxygen atoms in total. The van der Waals surface area contributed by atoms with Crippen LogP contribution in [0, 0.1) is 6.92 Å². The Morgan fingerprint density at radius 2 is 1.15 bits per heavy atom. The summed E-state index contributed by atoms with van der Waals surface area (Å²) in [4.78, 5) is 0.141. The van der Waals surface area contributed by atoms with E-state index in [2.05, 4.69) is 67.6 Å². The molecule has 41 heavy (non-hydrogen) atoms. The van der Waals surface area contributed by atoms with Crippen molar-refractivity contribution in [3.8, 4) is 0 Å². The van der Waals surface area contributed by atoms with Crippen molar-refractivity contribution in [1.82, 2.24) is 0 Å². The van der Waals surface area contributed by atoms with Crippen molar-refractivity contribution in [1.29, 1.82) is 0 Å². The number of aryl methyl sites for hydroxylation is 1. The SMILES string of the molecule is CCCCC([SiH2]OCCOCCOCCOCCOS(=O)(=O)c1ccc(C)cc1)(c1ccccc1)c1ccccc1. The molecule has 224 valence electrons. The summed E-state index contributed by atoms with van der Waals surface area (Å²) >= 11 is 0. The zero-order chi connectivity index (χ0) is 29.2. The van der Waals surface area contributed by atoms with Crippen LogP contribution in [0.2, 0.25) is 0 Å². The molecule has 3 aromatic rings. The summed E-state index contributed by atoms with van der Waals surface area (Å²) in [6.07, 6.45) is 3.38. The molecule has 3 aromatic carbocycles. The lowest BCUT2D eigenvalue weighted by Gasteiger charge is -2.34. The van der Waals surface area contributed by atoms with Gasteiger partial charge in [-0.25, -0.2) is 0 Å². The Balaban J connectivity index is 1.27. The van der Waals surface area contributed by atoms with E-state index >= 15 is 0 Å². The maximum absolute atomic E-state index is 12.1. The van der Waals surface area contributed by atoms with E-state index in [1.54, 1.807) is 12.1 Å². The maximum atomic E-state index is 12.1. The Hall–Kier alpha value is -2.37. The van der Waals surface area contributed by atoms with E-state index < -0.39 is 19.9 Å². The molecule has 0 saturated heterocycles. The van der Waals surface area contributed by atoms with E-state index in [0.29, 0.717) is 39.6 Å². The molecule has 0 unspecified atom stereocenters. The lowest BCUT2D eigenvalue weighted by molar-refractivity contribution is 0.00523. The van der Waals surface area contributed by atoms with E-state index in [1.165, 1.54) is 23.3 Å². The van der Waals surface area contributed by atoms with Gasteiger partial charge in [0.25, 0.3) is 10.1 Å². The third kappa shape index (κ3) is 11.1. The summed E-state index contributed by atoms with van der Waals surface area (Å²) in [6.45, 7) is 7.01. The first-order valence-electron chi connectivity index (χ1n) is 14.4. The Morgan fingerprint density at radius 1 is 0.659 bits per heavy atom. The van der Waals surface area contributed by atoms with Gasteiger partial charge in [0.05, 0.1) is 57.8 Å².